The number of ether oxygens (including phenoxy) is 1. The maximum Gasteiger partial charge on any atom is 0.248 e. The fourth-order valence-electron chi connectivity index (χ4n) is 3.13. The summed E-state index contributed by atoms with van der Waals surface area (Å²) in [6.07, 6.45) is 2.62. The van der Waals surface area contributed by atoms with Gasteiger partial charge >= 0.3 is 0 Å². The van der Waals surface area contributed by atoms with E-state index in [2.05, 4.69) is 30.8 Å². The van der Waals surface area contributed by atoms with Gasteiger partial charge in [-0.2, -0.15) is 20.1 Å². The van der Waals surface area contributed by atoms with Gasteiger partial charge in [-0.1, -0.05) is 47.5 Å². The van der Waals surface area contributed by atoms with E-state index >= 15 is 0 Å². The summed E-state index contributed by atoms with van der Waals surface area (Å²) in [7, 11) is 0. The van der Waals surface area contributed by atoms with Crippen molar-refractivity contribution < 1.29 is 9.13 Å². The summed E-state index contributed by atoms with van der Waals surface area (Å²) in [5.74, 6) is 0.467. The van der Waals surface area contributed by atoms with Gasteiger partial charge < -0.3 is 10.1 Å². The van der Waals surface area contributed by atoms with Crippen LogP contribution in [0, 0.1) is 18.7 Å². The number of anilines is 2. The molecule has 1 aliphatic rings. The van der Waals surface area contributed by atoms with E-state index in [1.165, 1.54) is 12.1 Å². The summed E-state index contributed by atoms with van der Waals surface area (Å²) in [5, 5.41) is 7.61. The highest BCUT2D eigenvalue weighted by atomic mass is 35.5. The minimum absolute atomic E-state index is 0.115. The number of hydrogen-bond acceptors (Lipinski definition) is 7. The molecule has 4 rings (SSSR count). The Bertz CT molecular complexity index is 1050. The van der Waals surface area contributed by atoms with Gasteiger partial charge in [0.1, 0.15) is 5.82 Å². The van der Waals surface area contributed by atoms with E-state index in [1.807, 2.05) is 31.2 Å². The molecule has 0 bridgehead atoms. The van der Waals surface area contributed by atoms with Gasteiger partial charge in [0, 0.05) is 19.1 Å². The molecule has 1 fully saturated rings. The molecule has 0 spiro atoms. The number of rotatable bonds is 7. The van der Waals surface area contributed by atoms with Gasteiger partial charge in [-0.05, 0) is 31.0 Å². The molecule has 2 N–H and O–H groups in total. The first-order chi connectivity index (χ1) is 15.1. The lowest BCUT2D eigenvalue weighted by molar-refractivity contribution is 0.187. The Hall–Kier alpha value is -3.10. The second kappa shape index (κ2) is 9.80. The summed E-state index contributed by atoms with van der Waals surface area (Å²) < 4.78 is 19.9. The van der Waals surface area contributed by atoms with Crippen LogP contribution in [0.2, 0.25) is 5.02 Å². The average Bonchev–Trinajstić information content (AvgIpc) is 3.27. The highest BCUT2D eigenvalue weighted by Gasteiger charge is 2.18. The van der Waals surface area contributed by atoms with Crippen LogP contribution >= 0.6 is 11.6 Å². The highest BCUT2D eigenvalue weighted by Crippen LogP contribution is 2.29. The molecular weight excluding hydrogens is 419 g/mol. The van der Waals surface area contributed by atoms with Gasteiger partial charge in [-0.15, -0.1) is 0 Å². The fourth-order valence-corrected chi connectivity index (χ4v) is 3.37. The molecule has 0 saturated carbocycles. The molecule has 1 unspecified atom stereocenters. The molecule has 0 radical (unpaired) electrons. The molecule has 1 aliphatic heterocycles. The zero-order valence-electron chi connectivity index (χ0n) is 17.0. The largest absolute Gasteiger partial charge is 0.381 e. The van der Waals surface area contributed by atoms with Gasteiger partial charge in [0.15, 0.2) is 5.82 Å². The summed E-state index contributed by atoms with van der Waals surface area (Å²) in [5.41, 5.74) is 5.00. The van der Waals surface area contributed by atoms with Crippen LogP contribution in [0.15, 0.2) is 47.6 Å². The summed E-state index contributed by atoms with van der Waals surface area (Å²) in [4.78, 5) is 13.0. The molecule has 2 heterocycles. The lowest BCUT2D eigenvalue weighted by atomic mass is 10.1. The molecule has 160 valence electrons. The molecule has 31 heavy (non-hydrogen) atoms. The van der Waals surface area contributed by atoms with Gasteiger partial charge in [0.25, 0.3) is 0 Å². The van der Waals surface area contributed by atoms with Gasteiger partial charge in [0.05, 0.1) is 23.4 Å². The SMILES string of the molecule is Cc1ccc(/C=N/Nc2nc(NCC3CCOC3)nc(-c3c(F)cccc3Cl)n2)cc1. The third-order valence-corrected chi connectivity index (χ3v) is 5.17. The molecular formula is C22H22ClFN6O. The maximum atomic E-state index is 14.5. The lowest BCUT2D eigenvalue weighted by Crippen LogP contribution is -2.17. The quantitative estimate of drug-likeness (QED) is 0.414. The zero-order valence-corrected chi connectivity index (χ0v) is 17.7. The van der Waals surface area contributed by atoms with Crippen molar-refractivity contribution in [1.29, 1.82) is 0 Å². The number of aryl methyl sites for hydroxylation is 1. The van der Waals surface area contributed by atoms with Crippen LogP contribution in [-0.2, 0) is 4.74 Å². The standard InChI is InChI=1S/C22H22ClFN6O/c1-14-5-7-15(8-6-14)12-26-30-22-28-20(19-17(23)3-2-4-18(19)24)27-21(29-22)25-11-16-9-10-31-13-16/h2-8,12,16H,9-11,13H2,1H3,(H2,25,27,28,29,30)/b26-12+. The molecule has 1 saturated heterocycles. The van der Waals surface area contributed by atoms with Crippen LogP contribution in [0.3, 0.4) is 0 Å². The number of nitrogens with zero attached hydrogens (tertiary/aromatic N) is 4. The van der Waals surface area contributed by atoms with Crippen LogP contribution in [0.1, 0.15) is 17.5 Å². The number of hydrogen-bond donors (Lipinski definition) is 2. The summed E-state index contributed by atoms with van der Waals surface area (Å²) in [6, 6.07) is 12.3. The molecule has 9 heteroatoms. The molecule has 0 aliphatic carbocycles. The van der Waals surface area contributed by atoms with E-state index in [0.29, 0.717) is 25.0 Å². The molecule has 0 amide bonds. The van der Waals surface area contributed by atoms with Crippen molar-refractivity contribution >= 4 is 29.7 Å². The molecule has 2 aromatic carbocycles. The number of aromatic nitrogens is 3. The monoisotopic (exact) mass is 440 g/mol. The van der Waals surface area contributed by atoms with E-state index in [0.717, 1.165) is 24.2 Å². The topological polar surface area (TPSA) is 84.3 Å². The van der Waals surface area contributed by atoms with Crippen LogP contribution in [-0.4, -0.2) is 40.9 Å². The summed E-state index contributed by atoms with van der Waals surface area (Å²) in [6.45, 7) is 4.10. The van der Waals surface area contributed by atoms with Crippen molar-refractivity contribution in [3.05, 3.63) is 64.4 Å². The normalized spacial score (nSPS) is 16.0. The van der Waals surface area contributed by atoms with Crippen molar-refractivity contribution in [2.75, 3.05) is 30.5 Å². The fraction of sp³-hybridized carbons (Fsp3) is 0.273. The average molecular weight is 441 g/mol. The van der Waals surface area contributed by atoms with Crippen molar-refractivity contribution in [3.63, 3.8) is 0 Å². The van der Waals surface area contributed by atoms with Gasteiger partial charge in [-0.25, -0.2) is 9.82 Å². The number of hydrazone groups is 1. The van der Waals surface area contributed by atoms with Crippen LogP contribution < -0.4 is 10.7 Å². The van der Waals surface area contributed by atoms with Crippen molar-refractivity contribution in [2.45, 2.75) is 13.3 Å². The van der Waals surface area contributed by atoms with Crippen molar-refractivity contribution in [2.24, 2.45) is 11.0 Å². The molecule has 1 aromatic heterocycles. The first-order valence-corrected chi connectivity index (χ1v) is 10.3. The van der Waals surface area contributed by atoms with E-state index < -0.39 is 5.82 Å². The highest BCUT2D eigenvalue weighted by molar-refractivity contribution is 6.33. The lowest BCUT2D eigenvalue weighted by Gasteiger charge is -2.12. The molecule has 1 atom stereocenters. The van der Waals surface area contributed by atoms with Gasteiger partial charge in [-0.3, -0.25) is 0 Å². The van der Waals surface area contributed by atoms with E-state index in [1.54, 1.807) is 12.3 Å². The minimum Gasteiger partial charge on any atom is -0.381 e. The second-order valence-corrected chi connectivity index (χ2v) is 7.70. The second-order valence-electron chi connectivity index (χ2n) is 7.29. The number of halogens is 2. The predicted octanol–water partition coefficient (Wildman–Crippen LogP) is 4.53. The Morgan fingerprint density at radius 3 is 2.71 bits per heavy atom. The Morgan fingerprint density at radius 1 is 1.16 bits per heavy atom. The minimum atomic E-state index is -0.511. The first kappa shape index (κ1) is 21.1. The van der Waals surface area contributed by atoms with Crippen LogP contribution in [0.25, 0.3) is 11.4 Å². The van der Waals surface area contributed by atoms with Crippen molar-refractivity contribution in [3.8, 4) is 11.4 Å². The molecule has 7 nitrogen and oxygen atoms in total. The number of benzene rings is 2. The number of nitrogens with one attached hydrogen (secondary N) is 2. The Labute approximate surface area is 184 Å². The van der Waals surface area contributed by atoms with Crippen LogP contribution in [0.5, 0.6) is 0 Å². The third-order valence-electron chi connectivity index (χ3n) is 4.85. The van der Waals surface area contributed by atoms with E-state index in [-0.39, 0.29) is 22.4 Å². The van der Waals surface area contributed by atoms with Gasteiger partial charge in [0.2, 0.25) is 11.9 Å². The van der Waals surface area contributed by atoms with Crippen LogP contribution in [0.4, 0.5) is 16.3 Å². The first-order valence-electron chi connectivity index (χ1n) is 9.96. The summed E-state index contributed by atoms with van der Waals surface area (Å²) >= 11 is 6.22. The Morgan fingerprint density at radius 2 is 1.97 bits per heavy atom. The zero-order chi connectivity index (χ0) is 21.6. The molecule has 3 aromatic rings. The maximum absolute atomic E-state index is 14.5. The van der Waals surface area contributed by atoms with E-state index in [4.69, 9.17) is 16.3 Å². The van der Waals surface area contributed by atoms with E-state index in [9.17, 15) is 4.39 Å². The third kappa shape index (κ3) is 5.53. The Balaban J connectivity index is 1.59. The predicted molar refractivity (Wildman–Crippen MR) is 120 cm³/mol. The smallest absolute Gasteiger partial charge is 0.248 e. The Kier molecular flexibility index (Phi) is 6.69. The van der Waals surface area contributed by atoms with Crippen molar-refractivity contribution in [1.82, 2.24) is 15.0 Å².